The van der Waals surface area contributed by atoms with Crippen LogP contribution in [0.4, 0.5) is 5.82 Å². The number of sulfonamides is 1. The van der Waals surface area contributed by atoms with Gasteiger partial charge in [-0.25, -0.2) is 23.1 Å². The fourth-order valence-electron chi connectivity index (χ4n) is 2.35. The number of nitrogens with zero attached hydrogens (tertiary/aromatic N) is 4. The van der Waals surface area contributed by atoms with Crippen LogP contribution in [0.2, 0.25) is 0 Å². The quantitative estimate of drug-likeness (QED) is 0.857. The molecule has 0 radical (unpaired) electrons. The van der Waals surface area contributed by atoms with Crippen LogP contribution in [-0.2, 0) is 10.0 Å². The zero-order chi connectivity index (χ0) is 15.3. The zero-order valence-corrected chi connectivity index (χ0v) is 12.8. The predicted octanol–water partition coefficient (Wildman–Crippen LogP) is 0.646. The highest BCUT2D eigenvalue weighted by Gasteiger charge is 2.23. The second-order valence-corrected chi connectivity index (χ2v) is 6.94. The summed E-state index contributed by atoms with van der Waals surface area (Å²) in [6.45, 7) is 3.30. The molecular weight excluding hydrogens is 290 g/mol. The molecule has 1 fully saturated rings. The Morgan fingerprint density at radius 3 is 2.62 bits per heavy atom. The molecule has 1 saturated heterocycles. The van der Waals surface area contributed by atoms with Gasteiger partial charge >= 0.3 is 0 Å². The summed E-state index contributed by atoms with van der Waals surface area (Å²) in [5, 5.41) is 8.69. The molecule has 1 aliphatic heterocycles. The molecule has 1 N–H and O–H groups in total. The van der Waals surface area contributed by atoms with Crippen molar-refractivity contribution in [2.45, 2.75) is 32.2 Å². The number of anilines is 1. The molecule has 2 heterocycles. The monoisotopic (exact) mass is 309 g/mol. The van der Waals surface area contributed by atoms with E-state index in [2.05, 4.69) is 19.6 Å². The number of nitriles is 1. The maximum atomic E-state index is 11.7. The number of hydrogen-bond donors (Lipinski definition) is 1. The van der Waals surface area contributed by atoms with Crippen molar-refractivity contribution in [2.24, 2.45) is 0 Å². The summed E-state index contributed by atoms with van der Waals surface area (Å²) in [4.78, 5) is 10.3. The fourth-order valence-corrected chi connectivity index (χ4v) is 3.75. The Labute approximate surface area is 125 Å². The molecule has 2 rings (SSSR count). The second-order valence-electron chi connectivity index (χ2n) is 5.07. The first-order valence-electron chi connectivity index (χ1n) is 7.01. The number of rotatable bonds is 5. The molecule has 0 aliphatic carbocycles. The third-order valence-corrected chi connectivity index (χ3v) is 5.03. The van der Waals surface area contributed by atoms with Gasteiger partial charge in [-0.1, -0.05) is 6.92 Å². The Balaban J connectivity index is 1.89. The van der Waals surface area contributed by atoms with Crippen LogP contribution in [0.5, 0.6) is 0 Å². The van der Waals surface area contributed by atoms with Gasteiger partial charge in [0.1, 0.15) is 11.9 Å². The maximum Gasteiger partial charge on any atom is 0.211 e. The van der Waals surface area contributed by atoms with Crippen LogP contribution < -0.4 is 9.62 Å². The van der Waals surface area contributed by atoms with Crippen LogP contribution in [0, 0.1) is 11.3 Å². The first kappa shape index (κ1) is 15.7. The number of nitrogens with one attached hydrogen (secondary N) is 1. The fraction of sp³-hybridized carbons (Fsp3) is 0.615. The molecular formula is C13H19N5O2S. The molecule has 0 bridgehead atoms. The molecule has 114 valence electrons. The molecule has 0 atom stereocenters. The minimum Gasteiger partial charge on any atom is -0.355 e. The SMILES string of the molecule is CCCS(=O)(=O)NC1CCN(c2cnc(C#N)cn2)CC1. The minimum atomic E-state index is -3.15. The van der Waals surface area contributed by atoms with Crippen molar-refractivity contribution in [1.82, 2.24) is 14.7 Å². The lowest BCUT2D eigenvalue weighted by Gasteiger charge is -2.32. The summed E-state index contributed by atoms with van der Waals surface area (Å²) in [6, 6.07) is 1.92. The lowest BCUT2D eigenvalue weighted by atomic mass is 10.1. The molecule has 0 unspecified atom stereocenters. The Bertz CT molecular complexity index is 600. The third-order valence-electron chi connectivity index (χ3n) is 3.39. The van der Waals surface area contributed by atoms with Crippen LogP contribution in [0.3, 0.4) is 0 Å². The molecule has 7 nitrogen and oxygen atoms in total. The smallest absolute Gasteiger partial charge is 0.211 e. The summed E-state index contributed by atoms with van der Waals surface area (Å²) in [6.07, 6.45) is 5.13. The van der Waals surface area contributed by atoms with Crippen molar-refractivity contribution >= 4 is 15.8 Å². The molecule has 1 aliphatic rings. The van der Waals surface area contributed by atoms with Crippen LogP contribution in [0.25, 0.3) is 0 Å². The second kappa shape index (κ2) is 6.83. The molecule has 0 spiro atoms. The largest absolute Gasteiger partial charge is 0.355 e. The molecule has 1 aromatic rings. The maximum absolute atomic E-state index is 11.7. The van der Waals surface area contributed by atoms with Gasteiger partial charge in [0, 0.05) is 19.1 Å². The first-order valence-corrected chi connectivity index (χ1v) is 8.66. The predicted molar refractivity (Wildman–Crippen MR) is 79.2 cm³/mol. The molecule has 0 aromatic carbocycles. The van der Waals surface area contributed by atoms with Crippen LogP contribution in [-0.4, -0.2) is 43.3 Å². The van der Waals surface area contributed by atoms with E-state index in [4.69, 9.17) is 5.26 Å². The van der Waals surface area contributed by atoms with Gasteiger partial charge < -0.3 is 4.90 Å². The van der Waals surface area contributed by atoms with E-state index in [-0.39, 0.29) is 11.8 Å². The third kappa shape index (κ3) is 4.37. The van der Waals surface area contributed by atoms with Crippen molar-refractivity contribution in [2.75, 3.05) is 23.7 Å². The van der Waals surface area contributed by atoms with Gasteiger partial charge in [0.15, 0.2) is 5.69 Å². The van der Waals surface area contributed by atoms with Crippen LogP contribution in [0.15, 0.2) is 12.4 Å². The summed E-state index contributed by atoms with van der Waals surface area (Å²) in [5.41, 5.74) is 0.293. The van der Waals surface area contributed by atoms with Crippen molar-refractivity contribution < 1.29 is 8.42 Å². The molecule has 1 aromatic heterocycles. The van der Waals surface area contributed by atoms with E-state index in [1.807, 2.05) is 13.0 Å². The van der Waals surface area contributed by atoms with Gasteiger partial charge in [-0.15, -0.1) is 0 Å². The lowest BCUT2D eigenvalue weighted by molar-refractivity contribution is 0.458. The van der Waals surface area contributed by atoms with Crippen molar-refractivity contribution in [1.29, 1.82) is 5.26 Å². The number of aromatic nitrogens is 2. The van der Waals surface area contributed by atoms with Crippen molar-refractivity contribution in [3.8, 4) is 6.07 Å². The minimum absolute atomic E-state index is 0.0101. The van der Waals surface area contributed by atoms with Crippen molar-refractivity contribution in [3.05, 3.63) is 18.1 Å². The molecule has 0 saturated carbocycles. The lowest BCUT2D eigenvalue weighted by Crippen LogP contribution is -2.45. The van der Waals surface area contributed by atoms with Gasteiger partial charge in [0.2, 0.25) is 10.0 Å². The Morgan fingerprint density at radius 1 is 1.38 bits per heavy atom. The van der Waals surface area contributed by atoms with E-state index in [1.165, 1.54) is 6.20 Å². The summed E-state index contributed by atoms with van der Waals surface area (Å²) < 4.78 is 26.2. The van der Waals surface area contributed by atoms with E-state index >= 15 is 0 Å². The van der Waals surface area contributed by atoms with Crippen LogP contribution >= 0.6 is 0 Å². The zero-order valence-electron chi connectivity index (χ0n) is 12.0. The normalized spacial score (nSPS) is 16.7. The van der Waals surface area contributed by atoms with Crippen molar-refractivity contribution in [3.63, 3.8) is 0 Å². The van der Waals surface area contributed by atoms with Gasteiger partial charge in [-0.05, 0) is 19.3 Å². The summed E-state index contributed by atoms with van der Waals surface area (Å²) >= 11 is 0. The molecule has 8 heteroatoms. The van der Waals surface area contributed by atoms with E-state index < -0.39 is 10.0 Å². The molecule has 21 heavy (non-hydrogen) atoms. The summed E-state index contributed by atoms with van der Waals surface area (Å²) in [7, 11) is -3.15. The summed E-state index contributed by atoms with van der Waals surface area (Å²) in [5.74, 6) is 0.901. The number of hydrogen-bond acceptors (Lipinski definition) is 6. The average Bonchev–Trinajstić information content (AvgIpc) is 2.48. The Morgan fingerprint density at radius 2 is 2.10 bits per heavy atom. The number of piperidine rings is 1. The van der Waals surface area contributed by atoms with Gasteiger partial charge in [-0.2, -0.15) is 5.26 Å². The van der Waals surface area contributed by atoms with E-state index in [9.17, 15) is 8.42 Å². The van der Waals surface area contributed by atoms with Crippen LogP contribution in [0.1, 0.15) is 31.9 Å². The Kier molecular flexibility index (Phi) is 5.09. The topological polar surface area (TPSA) is 99.0 Å². The van der Waals surface area contributed by atoms with Gasteiger partial charge in [0.05, 0.1) is 18.1 Å². The highest BCUT2D eigenvalue weighted by Crippen LogP contribution is 2.17. The van der Waals surface area contributed by atoms with E-state index in [1.54, 1.807) is 6.20 Å². The van der Waals surface area contributed by atoms with E-state index in [0.29, 0.717) is 12.1 Å². The molecule has 0 amide bonds. The van der Waals surface area contributed by atoms with E-state index in [0.717, 1.165) is 31.7 Å². The average molecular weight is 309 g/mol. The van der Waals surface area contributed by atoms with Gasteiger partial charge in [0.25, 0.3) is 0 Å². The highest BCUT2D eigenvalue weighted by molar-refractivity contribution is 7.89. The standard InChI is InChI=1S/C13H19N5O2S/c1-2-7-21(19,20)17-11-3-5-18(6-4-11)13-10-15-12(8-14)9-16-13/h9-11,17H,2-7H2,1H3. The first-order chi connectivity index (χ1) is 10.0. The van der Waals surface area contributed by atoms with Gasteiger partial charge in [-0.3, -0.25) is 0 Å². The highest BCUT2D eigenvalue weighted by atomic mass is 32.2. The Hall–Kier alpha value is -1.72.